The average molecular weight is 435 g/mol. The first kappa shape index (κ1) is 23.2. The summed E-state index contributed by atoms with van der Waals surface area (Å²) in [6, 6.07) is 11.0. The van der Waals surface area contributed by atoms with Crippen molar-refractivity contribution in [3.8, 4) is 16.9 Å². The van der Waals surface area contributed by atoms with Gasteiger partial charge in [-0.15, -0.1) is 0 Å². The number of Topliss-reactive ketones (excluding diaryl/α,β-unsaturated/α-hetero) is 1. The fraction of sp³-hybridized carbons (Fsp3) is 0.391. The second-order valence-electron chi connectivity index (χ2n) is 7.58. The lowest BCUT2D eigenvalue weighted by Gasteiger charge is -2.42. The number of benzene rings is 2. The number of fused-ring (bicyclic) bond motifs is 1. The molecule has 0 fully saturated rings. The molecule has 6 heteroatoms. The molecular weight excluding hydrogens is 407 g/mol. The van der Waals surface area contributed by atoms with E-state index in [0.29, 0.717) is 33.6 Å². The monoisotopic (exact) mass is 434 g/mol. The number of rotatable bonds is 3. The van der Waals surface area contributed by atoms with E-state index in [1.807, 2.05) is 58.0 Å². The van der Waals surface area contributed by atoms with E-state index in [2.05, 4.69) is 4.99 Å². The number of carbonyl (C=O) groups excluding carboxylic acids is 1. The van der Waals surface area contributed by atoms with Crippen LogP contribution in [0.25, 0.3) is 11.1 Å². The van der Waals surface area contributed by atoms with E-state index in [9.17, 15) is 4.79 Å². The molecule has 2 N–H and O–H groups in total. The normalized spacial score (nSPS) is 20.1. The Kier molecular flexibility index (Phi) is 7.02. The van der Waals surface area contributed by atoms with Crippen LogP contribution in [0.1, 0.15) is 53.5 Å². The number of nitrogens with two attached hydrogens (primary N) is 1. The molecule has 0 aromatic heterocycles. The minimum Gasteiger partial charge on any atom is -0.487 e. The number of nitrogens with zero attached hydrogens (tertiary/aromatic N) is 1. The molecule has 1 aliphatic rings. The van der Waals surface area contributed by atoms with Crippen LogP contribution in [0.4, 0.5) is 0 Å². The number of ketones is 1. The number of carbonyl (C=O) groups is 1. The molecule has 0 radical (unpaired) electrons. The van der Waals surface area contributed by atoms with Gasteiger partial charge < -0.3 is 10.5 Å². The van der Waals surface area contributed by atoms with Gasteiger partial charge in [-0.2, -0.15) is 0 Å². The summed E-state index contributed by atoms with van der Waals surface area (Å²) in [4.78, 5) is 17.4. The van der Waals surface area contributed by atoms with Gasteiger partial charge in [0.05, 0.1) is 5.84 Å². The van der Waals surface area contributed by atoms with Gasteiger partial charge >= 0.3 is 0 Å². The van der Waals surface area contributed by atoms with Gasteiger partial charge in [-0.25, -0.2) is 0 Å². The van der Waals surface area contributed by atoms with Crippen LogP contribution in [0.3, 0.4) is 0 Å². The summed E-state index contributed by atoms with van der Waals surface area (Å²) in [5, 5.41) is 1.09. The molecule has 4 nitrogen and oxygen atoms in total. The highest BCUT2D eigenvalue weighted by molar-refractivity contribution is 6.35. The highest BCUT2D eigenvalue weighted by Crippen LogP contribution is 2.48. The molecule has 1 aliphatic heterocycles. The minimum atomic E-state index is -1.09. The maximum absolute atomic E-state index is 12.8. The van der Waals surface area contributed by atoms with Crippen molar-refractivity contribution >= 4 is 34.8 Å². The van der Waals surface area contributed by atoms with Crippen LogP contribution in [0.2, 0.25) is 10.0 Å². The van der Waals surface area contributed by atoms with Gasteiger partial charge in [0, 0.05) is 22.0 Å². The summed E-state index contributed by atoms with van der Waals surface area (Å²) in [5.74, 6) is 0.902. The van der Waals surface area contributed by atoms with Crippen molar-refractivity contribution in [1.29, 1.82) is 0 Å². The van der Waals surface area contributed by atoms with Crippen LogP contribution in [0.15, 0.2) is 41.4 Å². The Morgan fingerprint density at radius 2 is 1.62 bits per heavy atom. The van der Waals surface area contributed by atoms with Crippen LogP contribution >= 0.6 is 23.2 Å². The Labute approximate surface area is 183 Å². The van der Waals surface area contributed by atoms with Gasteiger partial charge in [0.15, 0.2) is 11.3 Å². The second-order valence-corrected chi connectivity index (χ2v) is 8.45. The fourth-order valence-corrected chi connectivity index (χ4v) is 4.21. The predicted molar refractivity (Wildman–Crippen MR) is 122 cm³/mol. The highest BCUT2D eigenvalue weighted by Gasteiger charge is 2.49. The summed E-state index contributed by atoms with van der Waals surface area (Å²) in [5.41, 5.74) is 6.68. The number of halogens is 2. The summed E-state index contributed by atoms with van der Waals surface area (Å²) in [6.07, 6.45) is 0.399. The summed E-state index contributed by atoms with van der Waals surface area (Å²) in [7, 11) is 0. The Morgan fingerprint density at radius 3 is 2.14 bits per heavy atom. The zero-order chi connectivity index (χ0) is 22.0. The van der Waals surface area contributed by atoms with Crippen molar-refractivity contribution in [1.82, 2.24) is 0 Å². The largest absolute Gasteiger partial charge is 0.487 e. The van der Waals surface area contributed by atoms with Crippen molar-refractivity contribution in [3.05, 3.63) is 52.0 Å². The molecule has 156 valence electrons. The second kappa shape index (κ2) is 8.76. The third kappa shape index (κ3) is 4.93. The SMILES string of the molecule is CC.CC(=O)C1(N=C(C)N)CC(C)(C)Oc2ccc(-c3cc(Cl)cc(Cl)c3)cc21. The molecule has 1 unspecified atom stereocenters. The third-order valence-electron chi connectivity index (χ3n) is 4.64. The lowest BCUT2D eigenvalue weighted by Crippen LogP contribution is -2.47. The Balaban J connectivity index is 0.00000145. The molecule has 1 heterocycles. The topological polar surface area (TPSA) is 64.7 Å². The molecule has 0 amide bonds. The van der Waals surface area contributed by atoms with E-state index in [-0.39, 0.29) is 5.78 Å². The molecule has 0 saturated carbocycles. The molecule has 29 heavy (non-hydrogen) atoms. The summed E-state index contributed by atoms with van der Waals surface area (Å²) < 4.78 is 6.13. The van der Waals surface area contributed by atoms with E-state index in [1.165, 1.54) is 0 Å². The van der Waals surface area contributed by atoms with E-state index in [0.717, 1.165) is 11.1 Å². The predicted octanol–water partition coefficient (Wildman–Crippen LogP) is 6.41. The van der Waals surface area contributed by atoms with Gasteiger partial charge in [-0.1, -0.05) is 43.1 Å². The first-order chi connectivity index (χ1) is 13.5. The molecule has 0 aliphatic carbocycles. The quantitative estimate of drug-likeness (QED) is 0.448. The average Bonchev–Trinajstić information content (AvgIpc) is 2.60. The van der Waals surface area contributed by atoms with Gasteiger partial charge in [0.2, 0.25) is 0 Å². The van der Waals surface area contributed by atoms with Crippen molar-refractivity contribution in [2.75, 3.05) is 0 Å². The molecule has 0 saturated heterocycles. The maximum Gasteiger partial charge on any atom is 0.162 e. The molecule has 0 spiro atoms. The standard InChI is InChI=1S/C21H22Cl2N2O2.C2H6/c1-12(26)21(25-13(2)24)11-20(3,4)27-19-6-5-14(9-18(19)21)15-7-16(22)10-17(23)8-15;1-2/h5-10H,11H2,1-4H3,(H2,24,25);1-2H3. The first-order valence-corrected chi connectivity index (χ1v) is 10.4. The number of amidine groups is 1. The third-order valence-corrected chi connectivity index (χ3v) is 5.07. The van der Waals surface area contributed by atoms with Gasteiger partial charge in [-0.3, -0.25) is 9.79 Å². The molecule has 2 aromatic carbocycles. The first-order valence-electron chi connectivity index (χ1n) is 9.65. The smallest absolute Gasteiger partial charge is 0.162 e. The van der Waals surface area contributed by atoms with Crippen molar-refractivity contribution in [2.24, 2.45) is 10.7 Å². The molecule has 1 atom stereocenters. The van der Waals surface area contributed by atoms with Crippen LogP contribution < -0.4 is 10.5 Å². The van der Waals surface area contributed by atoms with Crippen LogP contribution in [-0.4, -0.2) is 17.2 Å². The van der Waals surface area contributed by atoms with Crippen molar-refractivity contribution in [2.45, 2.75) is 59.1 Å². The zero-order valence-electron chi connectivity index (χ0n) is 17.8. The molecule has 2 aromatic rings. The van der Waals surface area contributed by atoms with Gasteiger partial charge in [0.1, 0.15) is 11.4 Å². The van der Waals surface area contributed by atoms with E-state index >= 15 is 0 Å². The zero-order valence-corrected chi connectivity index (χ0v) is 19.3. The van der Waals surface area contributed by atoms with E-state index < -0.39 is 11.1 Å². The van der Waals surface area contributed by atoms with E-state index in [1.54, 1.807) is 19.9 Å². The van der Waals surface area contributed by atoms with Crippen molar-refractivity contribution in [3.63, 3.8) is 0 Å². The van der Waals surface area contributed by atoms with Gasteiger partial charge in [-0.05, 0) is 69.2 Å². The molecular formula is C23H28Cl2N2O2. The van der Waals surface area contributed by atoms with Crippen molar-refractivity contribution < 1.29 is 9.53 Å². The summed E-state index contributed by atoms with van der Waals surface area (Å²) >= 11 is 12.3. The van der Waals surface area contributed by atoms with Crippen LogP contribution in [-0.2, 0) is 10.3 Å². The Morgan fingerprint density at radius 1 is 1.03 bits per heavy atom. The van der Waals surface area contributed by atoms with Gasteiger partial charge in [0.25, 0.3) is 0 Å². The summed E-state index contributed by atoms with van der Waals surface area (Å²) in [6.45, 7) is 11.1. The van der Waals surface area contributed by atoms with Crippen LogP contribution in [0.5, 0.6) is 5.75 Å². The molecule has 0 bridgehead atoms. The Hall–Kier alpha value is -2.04. The lowest BCUT2D eigenvalue weighted by molar-refractivity contribution is -0.125. The minimum absolute atomic E-state index is 0.0776. The molecule has 3 rings (SSSR count). The van der Waals surface area contributed by atoms with E-state index in [4.69, 9.17) is 33.7 Å². The highest BCUT2D eigenvalue weighted by atomic mass is 35.5. The number of ether oxygens (including phenoxy) is 1. The number of hydrogen-bond donors (Lipinski definition) is 1. The number of hydrogen-bond acceptors (Lipinski definition) is 3. The number of aliphatic imine (C=N–C) groups is 1. The van der Waals surface area contributed by atoms with Crippen LogP contribution in [0, 0.1) is 0 Å². The fourth-order valence-electron chi connectivity index (χ4n) is 3.68. The lowest BCUT2D eigenvalue weighted by atomic mass is 9.75. The Bertz CT molecular complexity index is 930. The maximum atomic E-state index is 12.8.